The molecule has 7 nitrogen and oxygen atoms in total. The molecule has 1 aliphatic rings. The normalized spacial score (nSPS) is 15.1. The minimum absolute atomic E-state index is 0.122. The van der Waals surface area contributed by atoms with Crippen molar-refractivity contribution in [1.29, 1.82) is 0 Å². The van der Waals surface area contributed by atoms with Gasteiger partial charge >= 0.3 is 5.97 Å². The van der Waals surface area contributed by atoms with Crippen molar-refractivity contribution in [2.24, 2.45) is 0 Å². The summed E-state index contributed by atoms with van der Waals surface area (Å²) in [5.41, 5.74) is 5.88. The van der Waals surface area contributed by atoms with Crippen molar-refractivity contribution in [3.8, 4) is 5.69 Å². The van der Waals surface area contributed by atoms with Crippen LogP contribution in [0, 0.1) is 13.8 Å². The number of carbonyl (C=O) groups excluding carboxylic acids is 2. The van der Waals surface area contributed by atoms with Crippen LogP contribution in [0.4, 0.5) is 0 Å². The maximum absolute atomic E-state index is 13.1. The Balaban J connectivity index is 1.31. The third-order valence-electron chi connectivity index (χ3n) is 6.09. The number of furan rings is 1. The SMILES string of the molecule is Cc1cc(C)n(-c2ccc(COC(=O)[C@@H]3Cc4ccccc4CN3C(=O)c3ccco3)cc2)n1. The Bertz CT molecular complexity index is 1320. The zero-order chi connectivity index (χ0) is 23.7. The quantitative estimate of drug-likeness (QED) is 0.417. The fourth-order valence-electron chi connectivity index (χ4n) is 4.36. The van der Waals surface area contributed by atoms with E-state index in [0.717, 1.165) is 33.8 Å². The maximum Gasteiger partial charge on any atom is 0.329 e. The second-order valence-corrected chi connectivity index (χ2v) is 8.51. The van der Waals surface area contributed by atoms with E-state index in [1.165, 1.54) is 11.2 Å². The van der Waals surface area contributed by atoms with E-state index >= 15 is 0 Å². The van der Waals surface area contributed by atoms with Crippen LogP contribution in [0.3, 0.4) is 0 Å². The second-order valence-electron chi connectivity index (χ2n) is 8.51. The van der Waals surface area contributed by atoms with Gasteiger partial charge in [-0.15, -0.1) is 0 Å². The van der Waals surface area contributed by atoms with E-state index in [2.05, 4.69) is 5.10 Å². The monoisotopic (exact) mass is 455 g/mol. The van der Waals surface area contributed by atoms with Crippen LogP contribution in [0.2, 0.25) is 0 Å². The predicted molar refractivity (Wildman–Crippen MR) is 125 cm³/mol. The molecule has 3 heterocycles. The number of ether oxygens (including phenoxy) is 1. The Morgan fingerprint density at radius 2 is 1.79 bits per heavy atom. The summed E-state index contributed by atoms with van der Waals surface area (Å²) in [5, 5.41) is 4.50. The van der Waals surface area contributed by atoms with Crippen LogP contribution in [0.5, 0.6) is 0 Å². The van der Waals surface area contributed by atoms with Gasteiger partial charge in [0.05, 0.1) is 17.6 Å². The average Bonchev–Trinajstić information content (AvgIpc) is 3.51. The van der Waals surface area contributed by atoms with Crippen LogP contribution in [-0.2, 0) is 29.1 Å². The van der Waals surface area contributed by atoms with Crippen molar-refractivity contribution in [2.75, 3.05) is 0 Å². The summed E-state index contributed by atoms with van der Waals surface area (Å²) < 4.78 is 12.8. The molecule has 0 unspecified atom stereocenters. The lowest BCUT2D eigenvalue weighted by Gasteiger charge is -2.34. The van der Waals surface area contributed by atoms with E-state index in [1.807, 2.05) is 73.1 Å². The van der Waals surface area contributed by atoms with Crippen LogP contribution in [-0.4, -0.2) is 32.6 Å². The van der Waals surface area contributed by atoms with Crippen LogP contribution >= 0.6 is 0 Å². The third-order valence-corrected chi connectivity index (χ3v) is 6.09. The van der Waals surface area contributed by atoms with Gasteiger partial charge in [-0.3, -0.25) is 4.79 Å². The molecule has 2 aromatic carbocycles. The molecular formula is C27H25N3O4. The number of rotatable bonds is 5. The average molecular weight is 456 g/mol. The van der Waals surface area contributed by atoms with Crippen molar-refractivity contribution >= 4 is 11.9 Å². The van der Waals surface area contributed by atoms with Crippen LogP contribution < -0.4 is 0 Å². The van der Waals surface area contributed by atoms with Gasteiger partial charge in [-0.2, -0.15) is 5.10 Å². The summed E-state index contributed by atoms with van der Waals surface area (Å²) in [5.74, 6) is -0.551. The highest BCUT2D eigenvalue weighted by Crippen LogP contribution is 2.26. The van der Waals surface area contributed by atoms with Crippen LogP contribution in [0.15, 0.2) is 77.4 Å². The molecule has 0 fully saturated rings. The molecular weight excluding hydrogens is 430 g/mol. The van der Waals surface area contributed by atoms with Crippen molar-refractivity contribution < 1.29 is 18.7 Å². The number of hydrogen-bond donors (Lipinski definition) is 0. The van der Waals surface area contributed by atoms with E-state index in [1.54, 1.807) is 12.1 Å². The third kappa shape index (κ3) is 4.24. The van der Waals surface area contributed by atoms with E-state index in [0.29, 0.717) is 13.0 Å². The van der Waals surface area contributed by atoms with Gasteiger partial charge in [0.2, 0.25) is 0 Å². The van der Waals surface area contributed by atoms with Gasteiger partial charge in [0.15, 0.2) is 5.76 Å². The molecule has 0 N–H and O–H groups in total. The molecule has 1 aliphatic heterocycles. The predicted octanol–water partition coefficient (Wildman–Crippen LogP) is 4.39. The highest BCUT2D eigenvalue weighted by atomic mass is 16.5. The highest BCUT2D eigenvalue weighted by Gasteiger charge is 2.37. The first-order valence-corrected chi connectivity index (χ1v) is 11.2. The first kappa shape index (κ1) is 21.7. The number of aromatic nitrogens is 2. The van der Waals surface area contributed by atoms with Gasteiger partial charge in [0, 0.05) is 18.7 Å². The standard InChI is InChI=1S/C27H25N3O4/c1-18-14-19(2)30(28-18)23-11-9-20(10-12-23)17-34-27(32)24-15-21-6-3-4-7-22(21)16-29(24)26(31)25-8-5-13-33-25/h3-14,24H,15-17H2,1-2H3/t24-/m0/s1. The van der Waals surface area contributed by atoms with E-state index in [-0.39, 0.29) is 18.3 Å². The Kier molecular flexibility index (Phi) is 5.76. The van der Waals surface area contributed by atoms with Gasteiger partial charge in [0.1, 0.15) is 12.6 Å². The fourth-order valence-corrected chi connectivity index (χ4v) is 4.36. The number of benzene rings is 2. The van der Waals surface area contributed by atoms with E-state index < -0.39 is 12.0 Å². The fraction of sp³-hybridized carbons (Fsp3) is 0.222. The summed E-state index contributed by atoms with van der Waals surface area (Å²) in [4.78, 5) is 27.8. The summed E-state index contributed by atoms with van der Waals surface area (Å²) >= 11 is 0. The van der Waals surface area contributed by atoms with Crippen LogP contribution in [0.1, 0.15) is 38.6 Å². The number of amides is 1. The molecule has 1 amide bonds. The van der Waals surface area contributed by atoms with E-state index in [9.17, 15) is 9.59 Å². The Morgan fingerprint density at radius 1 is 1.03 bits per heavy atom. The molecule has 0 aliphatic carbocycles. The van der Waals surface area contributed by atoms with Crippen LogP contribution in [0.25, 0.3) is 5.69 Å². The lowest BCUT2D eigenvalue weighted by Crippen LogP contribution is -2.49. The van der Waals surface area contributed by atoms with Crippen molar-refractivity contribution in [2.45, 2.75) is 39.5 Å². The van der Waals surface area contributed by atoms with Crippen molar-refractivity contribution in [3.63, 3.8) is 0 Å². The summed E-state index contributed by atoms with van der Waals surface area (Å²) in [6.45, 7) is 4.42. The van der Waals surface area contributed by atoms with Crippen molar-refractivity contribution in [3.05, 3.63) is 107 Å². The molecule has 172 valence electrons. The van der Waals surface area contributed by atoms with E-state index in [4.69, 9.17) is 9.15 Å². The molecule has 4 aromatic rings. The molecule has 34 heavy (non-hydrogen) atoms. The minimum Gasteiger partial charge on any atom is -0.459 e. The molecule has 2 aromatic heterocycles. The molecule has 0 bridgehead atoms. The van der Waals surface area contributed by atoms with Gasteiger partial charge < -0.3 is 14.1 Å². The van der Waals surface area contributed by atoms with Gasteiger partial charge in [-0.25, -0.2) is 9.48 Å². The number of nitrogens with zero attached hydrogens (tertiary/aromatic N) is 3. The Morgan fingerprint density at radius 3 is 2.47 bits per heavy atom. The first-order chi connectivity index (χ1) is 16.5. The van der Waals surface area contributed by atoms with Gasteiger partial charge in [-0.05, 0) is 60.9 Å². The topological polar surface area (TPSA) is 77.6 Å². The van der Waals surface area contributed by atoms with Crippen molar-refractivity contribution in [1.82, 2.24) is 14.7 Å². The maximum atomic E-state index is 13.1. The zero-order valence-electron chi connectivity index (χ0n) is 19.1. The lowest BCUT2D eigenvalue weighted by molar-refractivity contribution is -0.151. The Hall–Kier alpha value is -4.13. The highest BCUT2D eigenvalue weighted by molar-refractivity contribution is 5.95. The molecule has 0 spiro atoms. The minimum atomic E-state index is -0.721. The summed E-state index contributed by atoms with van der Waals surface area (Å²) in [6.07, 6.45) is 1.85. The molecule has 0 radical (unpaired) electrons. The van der Waals surface area contributed by atoms with Gasteiger partial charge in [0.25, 0.3) is 5.91 Å². The smallest absolute Gasteiger partial charge is 0.329 e. The number of hydrogen-bond acceptors (Lipinski definition) is 5. The second kappa shape index (κ2) is 9.02. The molecule has 0 saturated carbocycles. The molecule has 1 atom stereocenters. The summed E-state index contributed by atoms with van der Waals surface area (Å²) in [6, 6.07) is 20.1. The zero-order valence-corrected chi connectivity index (χ0v) is 19.1. The number of esters is 1. The largest absolute Gasteiger partial charge is 0.459 e. The molecule has 5 rings (SSSR count). The number of fused-ring (bicyclic) bond motifs is 1. The summed E-state index contributed by atoms with van der Waals surface area (Å²) in [7, 11) is 0. The lowest BCUT2D eigenvalue weighted by atomic mass is 9.93. The number of aryl methyl sites for hydroxylation is 2. The first-order valence-electron chi connectivity index (χ1n) is 11.2. The number of carbonyl (C=O) groups is 2. The molecule has 0 saturated heterocycles. The Labute approximate surface area is 197 Å². The van der Waals surface area contributed by atoms with Gasteiger partial charge in [-0.1, -0.05) is 36.4 Å². The molecule has 7 heteroatoms.